The second kappa shape index (κ2) is 7.78. The lowest BCUT2D eigenvalue weighted by Crippen LogP contribution is -2.10. The molecule has 0 aliphatic rings. The van der Waals surface area contributed by atoms with Gasteiger partial charge in [0.05, 0.1) is 25.2 Å². The van der Waals surface area contributed by atoms with E-state index in [1.165, 1.54) is 19.2 Å². The van der Waals surface area contributed by atoms with Crippen molar-refractivity contribution in [2.75, 3.05) is 25.2 Å². The summed E-state index contributed by atoms with van der Waals surface area (Å²) in [5.74, 6) is -0.875. The standard InChI is InChI=1S/C13H15FO4S/c1-3-18-13(16)8-19-7-11(15)9-4-5-12(17-2)10(14)6-9/h4-6H,3,7-8H2,1-2H3. The molecule has 0 radical (unpaired) electrons. The van der Waals surface area contributed by atoms with E-state index < -0.39 is 5.82 Å². The summed E-state index contributed by atoms with van der Waals surface area (Å²) in [5.41, 5.74) is 0.259. The summed E-state index contributed by atoms with van der Waals surface area (Å²) < 4.78 is 22.9. The molecule has 19 heavy (non-hydrogen) atoms. The van der Waals surface area contributed by atoms with E-state index in [1.807, 2.05) is 0 Å². The van der Waals surface area contributed by atoms with Crippen LogP contribution in [-0.4, -0.2) is 37.0 Å². The van der Waals surface area contributed by atoms with Gasteiger partial charge in [-0.3, -0.25) is 9.59 Å². The molecule has 1 rings (SSSR count). The summed E-state index contributed by atoms with van der Waals surface area (Å²) in [6.07, 6.45) is 0. The van der Waals surface area contributed by atoms with Crippen LogP contribution in [0.3, 0.4) is 0 Å². The maximum atomic E-state index is 13.4. The van der Waals surface area contributed by atoms with Gasteiger partial charge in [0.25, 0.3) is 0 Å². The number of ketones is 1. The fourth-order valence-electron chi connectivity index (χ4n) is 1.35. The molecule has 0 unspecified atom stereocenters. The molecule has 0 atom stereocenters. The van der Waals surface area contributed by atoms with Gasteiger partial charge in [-0.15, -0.1) is 11.8 Å². The molecule has 6 heteroatoms. The van der Waals surface area contributed by atoms with E-state index in [0.717, 1.165) is 17.8 Å². The van der Waals surface area contributed by atoms with Crippen molar-refractivity contribution in [2.24, 2.45) is 0 Å². The van der Waals surface area contributed by atoms with Crippen LogP contribution in [0.15, 0.2) is 18.2 Å². The lowest BCUT2D eigenvalue weighted by Gasteiger charge is -2.05. The Balaban J connectivity index is 2.50. The quantitative estimate of drug-likeness (QED) is 0.568. The molecular weight excluding hydrogens is 271 g/mol. The van der Waals surface area contributed by atoms with Gasteiger partial charge in [-0.25, -0.2) is 4.39 Å². The minimum Gasteiger partial charge on any atom is -0.494 e. The number of rotatable bonds is 7. The maximum absolute atomic E-state index is 13.4. The first-order valence-electron chi connectivity index (χ1n) is 5.68. The van der Waals surface area contributed by atoms with E-state index in [2.05, 4.69) is 0 Å². The Morgan fingerprint density at radius 2 is 2.05 bits per heavy atom. The maximum Gasteiger partial charge on any atom is 0.315 e. The number of hydrogen-bond donors (Lipinski definition) is 0. The van der Waals surface area contributed by atoms with Gasteiger partial charge >= 0.3 is 5.97 Å². The van der Waals surface area contributed by atoms with Gasteiger partial charge in [0.1, 0.15) is 0 Å². The fourth-order valence-corrected chi connectivity index (χ4v) is 2.06. The van der Waals surface area contributed by atoms with E-state index in [0.29, 0.717) is 6.61 Å². The van der Waals surface area contributed by atoms with Crippen molar-refractivity contribution in [2.45, 2.75) is 6.92 Å². The number of esters is 1. The van der Waals surface area contributed by atoms with Crippen molar-refractivity contribution in [3.05, 3.63) is 29.6 Å². The lowest BCUT2D eigenvalue weighted by atomic mass is 10.1. The molecular formula is C13H15FO4S. The Hall–Kier alpha value is -1.56. The second-order valence-electron chi connectivity index (χ2n) is 3.57. The van der Waals surface area contributed by atoms with Gasteiger partial charge < -0.3 is 9.47 Å². The largest absolute Gasteiger partial charge is 0.494 e. The number of ether oxygens (including phenoxy) is 2. The lowest BCUT2D eigenvalue weighted by molar-refractivity contribution is -0.139. The van der Waals surface area contributed by atoms with E-state index in [1.54, 1.807) is 6.92 Å². The normalized spacial score (nSPS) is 10.1. The number of thioether (sulfide) groups is 1. The minimum atomic E-state index is -0.580. The molecule has 1 aromatic rings. The first-order valence-corrected chi connectivity index (χ1v) is 6.84. The molecule has 0 saturated heterocycles. The van der Waals surface area contributed by atoms with Crippen molar-refractivity contribution >= 4 is 23.5 Å². The fraction of sp³-hybridized carbons (Fsp3) is 0.385. The molecule has 4 nitrogen and oxygen atoms in total. The summed E-state index contributed by atoms with van der Waals surface area (Å²) >= 11 is 1.14. The predicted octanol–water partition coefficient (Wildman–Crippen LogP) is 2.31. The van der Waals surface area contributed by atoms with Gasteiger partial charge in [-0.2, -0.15) is 0 Å². The average molecular weight is 286 g/mol. The smallest absolute Gasteiger partial charge is 0.315 e. The zero-order valence-electron chi connectivity index (χ0n) is 10.8. The average Bonchev–Trinajstić information content (AvgIpc) is 2.38. The van der Waals surface area contributed by atoms with E-state index in [-0.39, 0.29) is 34.6 Å². The third-order valence-electron chi connectivity index (χ3n) is 2.23. The Morgan fingerprint density at radius 3 is 2.63 bits per heavy atom. The van der Waals surface area contributed by atoms with Crippen LogP contribution in [0.2, 0.25) is 0 Å². The summed E-state index contributed by atoms with van der Waals surface area (Å²) in [6.45, 7) is 2.03. The van der Waals surface area contributed by atoms with Crippen molar-refractivity contribution in [1.82, 2.24) is 0 Å². The third kappa shape index (κ3) is 4.90. The van der Waals surface area contributed by atoms with Crippen LogP contribution in [0.1, 0.15) is 17.3 Å². The van der Waals surface area contributed by atoms with Crippen LogP contribution in [0.5, 0.6) is 5.75 Å². The molecule has 0 amide bonds. The molecule has 1 aromatic carbocycles. The molecule has 0 spiro atoms. The van der Waals surface area contributed by atoms with Crippen LogP contribution in [0, 0.1) is 5.82 Å². The molecule has 0 bridgehead atoms. The minimum absolute atomic E-state index is 0.0933. The van der Waals surface area contributed by atoms with Crippen molar-refractivity contribution in [3.63, 3.8) is 0 Å². The molecule has 0 aromatic heterocycles. The number of benzene rings is 1. The first kappa shape index (κ1) is 15.5. The Labute approximate surface area is 115 Å². The highest BCUT2D eigenvalue weighted by molar-refractivity contribution is 8.00. The summed E-state index contributed by atoms with van der Waals surface area (Å²) in [6, 6.07) is 4.03. The highest BCUT2D eigenvalue weighted by Crippen LogP contribution is 2.18. The molecule has 0 aliphatic carbocycles. The molecule has 0 saturated carbocycles. The summed E-state index contributed by atoms with van der Waals surface area (Å²) in [5, 5.41) is 0. The number of Topliss-reactive ketones (excluding diaryl/α,β-unsaturated/α-hetero) is 1. The highest BCUT2D eigenvalue weighted by atomic mass is 32.2. The van der Waals surface area contributed by atoms with Gasteiger partial charge in [0.2, 0.25) is 0 Å². The Morgan fingerprint density at radius 1 is 1.32 bits per heavy atom. The van der Waals surface area contributed by atoms with Gasteiger partial charge in [-0.1, -0.05) is 0 Å². The number of hydrogen-bond acceptors (Lipinski definition) is 5. The zero-order valence-corrected chi connectivity index (χ0v) is 11.6. The molecule has 0 fully saturated rings. The highest BCUT2D eigenvalue weighted by Gasteiger charge is 2.11. The van der Waals surface area contributed by atoms with Crippen molar-refractivity contribution in [1.29, 1.82) is 0 Å². The van der Waals surface area contributed by atoms with Gasteiger partial charge in [0.15, 0.2) is 17.3 Å². The van der Waals surface area contributed by atoms with Crippen LogP contribution in [-0.2, 0) is 9.53 Å². The monoisotopic (exact) mass is 286 g/mol. The summed E-state index contributed by atoms with van der Waals surface area (Å²) in [7, 11) is 1.36. The topological polar surface area (TPSA) is 52.6 Å². The number of carbonyl (C=O) groups excluding carboxylic acids is 2. The van der Waals surface area contributed by atoms with E-state index in [9.17, 15) is 14.0 Å². The molecule has 0 heterocycles. The van der Waals surface area contributed by atoms with Crippen molar-refractivity contribution < 1.29 is 23.5 Å². The van der Waals surface area contributed by atoms with Crippen LogP contribution < -0.4 is 4.74 Å². The Bertz CT molecular complexity index is 462. The van der Waals surface area contributed by atoms with E-state index >= 15 is 0 Å². The number of methoxy groups -OCH3 is 1. The third-order valence-corrected chi connectivity index (χ3v) is 3.14. The number of carbonyl (C=O) groups is 2. The first-order chi connectivity index (χ1) is 9.08. The van der Waals surface area contributed by atoms with Gasteiger partial charge in [-0.05, 0) is 25.1 Å². The van der Waals surface area contributed by atoms with Crippen LogP contribution >= 0.6 is 11.8 Å². The molecule has 0 aliphatic heterocycles. The van der Waals surface area contributed by atoms with E-state index in [4.69, 9.17) is 9.47 Å². The van der Waals surface area contributed by atoms with Crippen LogP contribution in [0.25, 0.3) is 0 Å². The van der Waals surface area contributed by atoms with Gasteiger partial charge in [0, 0.05) is 5.56 Å². The van der Waals surface area contributed by atoms with Crippen molar-refractivity contribution in [3.8, 4) is 5.75 Å². The molecule has 104 valence electrons. The SMILES string of the molecule is CCOC(=O)CSCC(=O)c1ccc(OC)c(F)c1. The zero-order chi connectivity index (χ0) is 14.3. The molecule has 0 N–H and O–H groups in total. The van der Waals surface area contributed by atoms with Crippen LogP contribution in [0.4, 0.5) is 4.39 Å². The summed E-state index contributed by atoms with van der Waals surface area (Å²) in [4.78, 5) is 22.8. The second-order valence-corrected chi connectivity index (χ2v) is 4.56. The number of halogens is 1. The Kier molecular flexibility index (Phi) is 6.35. The predicted molar refractivity (Wildman–Crippen MR) is 71.2 cm³/mol.